The maximum Gasteiger partial charge on any atom is -0.0227 e. The molecule has 0 saturated heterocycles. The topological polar surface area (TPSA) is 0 Å². The molecule has 0 aromatic heterocycles. The van der Waals surface area contributed by atoms with Gasteiger partial charge in [-0.15, -0.1) is 0 Å². The molecular weight excluding hydrogens is 216 g/mol. The maximum absolute atomic E-state index is 3.95. The highest BCUT2D eigenvalue weighted by Crippen LogP contribution is 2.18. The molecular formula is C18H22. The standard InChI is InChI=1S/C18H22/c1-6-16(7-2)9-8-15(5)18-12-10-17(11-13-18)14(3)4/h6,8-13H,1,3,7H2,2,4-5H3/b15-8+,16-9+. The minimum Gasteiger partial charge on any atom is -0.0988 e. The third kappa shape index (κ3) is 3.89. The van der Waals surface area contributed by atoms with Gasteiger partial charge in [-0.1, -0.05) is 68.1 Å². The van der Waals surface area contributed by atoms with E-state index in [9.17, 15) is 0 Å². The van der Waals surface area contributed by atoms with E-state index in [4.69, 9.17) is 0 Å². The number of benzene rings is 1. The van der Waals surface area contributed by atoms with Gasteiger partial charge >= 0.3 is 0 Å². The number of rotatable bonds is 5. The van der Waals surface area contributed by atoms with Crippen LogP contribution >= 0.6 is 0 Å². The monoisotopic (exact) mass is 238 g/mol. The maximum atomic E-state index is 3.95. The van der Waals surface area contributed by atoms with Crippen molar-refractivity contribution < 1.29 is 0 Å². The van der Waals surface area contributed by atoms with Gasteiger partial charge in [0.15, 0.2) is 0 Å². The predicted molar refractivity (Wildman–Crippen MR) is 83.4 cm³/mol. The van der Waals surface area contributed by atoms with Crippen LogP contribution in [0.4, 0.5) is 0 Å². The second kappa shape index (κ2) is 6.80. The van der Waals surface area contributed by atoms with Gasteiger partial charge in [0.2, 0.25) is 0 Å². The Morgan fingerprint density at radius 1 is 1.06 bits per heavy atom. The smallest absolute Gasteiger partial charge is 0.0227 e. The van der Waals surface area contributed by atoms with Gasteiger partial charge in [0.1, 0.15) is 0 Å². The van der Waals surface area contributed by atoms with E-state index in [2.05, 4.69) is 63.4 Å². The number of allylic oxidation sites excluding steroid dienone is 6. The van der Waals surface area contributed by atoms with Crippen LogP contribution in [0, 0.1) is 0 Å². The fourth-order valence-corrected chi connectivity index (χ4v) is 1.68. The summed E-state index contributed by atoms with van der Waals surface area (Å²) >= 11 is 0. The lowest BCUT2D eigenvalue weighted by Gasteiger charge is -2.04. The molecule has 0 spiro atoms. The van der Waals surface area contributed by atoms with Crippen molar-refractivity contribution in [3.8, 4) is 0 Å². The summed E-state index contributed by atoms with van der Waals surface area (Å²) in [6.07, 6.45) is 7.21. The lowest BCUT2D eigenvalue weighted by molar-refractivity contribution is 1.15. The Kier molecular flexibility index (Phi) is 5.38. The first-order valence-corrected chi connectivity index (χ1v) is 6.34. The van der Waals surface area contributed by atoms with Gasteiger partial charge in [-0.25, -0.2) is 0 Å². The average Bonchev–Trinajstić information content (AvgIpc) is 2.39. The van der Waals surface area contributed by atoms with Crippen LogP contribution in [0.25, 0.3) is 11.1 Å². The van der Waals surface area contributed by atoms with E-state index in [0.717, 1.165) is 12.0 Å². The minimum absolute atomic E-state index is 1.02. The fraction of sp³-hybridized carbons (Fsp3) is 0.222. The highest BCUT2D eigenvalue weighted by Gasteiger charge is 1.96. The van der Waals surface area contributed by atoms with Crippen LogP contribution in [-0.2, 0) is 0 Å². The minimum atomic E-state index is 1.02. The first-order valence-electron chi connectivity index (χ1n) is 6.34. The summed E-state index contributed by atoms with van der Waals surface area (Å²) in [4.78, 5) is 0. The molecule has 0 saturated carbocycles. The molecule has 0 atom stereocenters. The lowest BCUT2D eigenvalue weighted by atomic mass is 10.0. The Morgan fingerprint density at radius 3 is 2.06 bits per heavy atom. The van der Waals surface area contributed by atoms with Crippen molar-refractivity contribution in [3.63, 3.8) is 0 Å². The number of hydrogen-bond donors (Lipinski definition) is 0. The second-order valence-corrected chi connectivity index (χ2v) is 4.51. The van der Waals surface area contributed by atoms with Gasteiger partial charge in [0, 0.05) is 0 Å². The molecule has 1 aromatic rings. The summed E-state index contributed by atoms with van der Waals surface area (Å²) in [5.41, 5.74) is 6.06. The Bertz CT molecular complexity index is 481. The molecule has 0 aliphatic heterocycles. The molecule has 0 heterocycles. The van der Waals surface area contributed by atoms with E-state index < -0.39 is 0 Å². The zero-order chi connectivity index (χ0) is 13.5. The normalized spacial score (nSPS) is 12.4. The van der Waals surface area contributed by atoms with Gasteiger partial charge in [-0.2, -0.15) is 0 Å². The summed E-state index contributed by atoms with van der Waals surface area (Å²) in [5.74, 6) is 0. The van der Waals surface area contributed by atoms with Crippen LogP contribution in [0.2, 0.25) is 0 Å². The van der Waals surface area contributed by atoms with Crippen LogP contribution in [-0.4, -0.2) is 0 Å². The lowest BCUT2D eigenvalue weighted by Crippen LogP contribution is -1.82. The van der Waals surface area contributed by atoms with Crippen LogP contribution in [0.15, 0.2) is 61.2 Å². The van der Waals surface area contributed by atoms with Gasteiger partial charge in [-0.3, -0.25) is 0 Å². The largest absolute Gasteiger partial charge is 0.0988 e. The van der Waals surface area contributed by atoms with E-state index in [1.165, 1.54) is 22.3 Å². The summed E-state index contributed by atoms with van der Waals surface area (Å²) in [6, 6.07) is 8.52. The van der Waals surface area contributed by atoms with Crippen molar-refractivity contribution >= 4 is 11.1 Å². The summed E-state index contributed by atoms with van der Waals surface area (Å²) in [7, 11) is 0. The van der Waals surface area contributed by atoms with Gasteiger partial charge in [0.25, 0.3) is 0 Å². The van der Waals surface area contributed by atoms with E-state index in [0.29, 0.717) is 0 Å². The highest BCUT2D eigenvalue weighted by molar-refractivity contribution is 5.69. The second-order valence-electron chi connectivity index (χ2n) is 4.51. The van der Waals surface area contributed by atoms with Gasteiger partial charge < -0.3 is 0 Å². The molecule has 0 bridgehead atoms. The summed E-state index contributed by atoms with van der Waals surface area (Å²) < 4.78 is 0. The van der Waals surface area contributed by atoms with E-state index >= 15 is 0 Å². The zero-order valence-corrected chi connectivity index (χ0v) is 11.7. The van der Waals surface area contributed by atoms with E-state index in [-0.39, 0.29) is 0 Å². The average molecular weight is 238 g/mol. The quantitative estimate of drug-likeness (QED) is 0.582. The zero-order valence-electron chi connectivity index (χ0n) is 11.7. The SMILES string of the molecule is C=C/C(=C\C=C(/C)c1ccc(C(=C)C)cc1)CC. The molecule has 0 fully saturated rings. The first-order chi connectivity index (χ1) is 8.58. The molecule has 94 valence electrons. The molecule has 0 heteroatoms. The fourth-order valence-electron chi connectivity index (χ4n) is 1.68. The molecule has 0 aliphatic rings. The van der Waals surface area contributed by atoms with Crippen molar-refractivity contribution in [1.82, 2.24) is 0 Å². The van der Waals surface area contributed by atoms with Crippen molar-refractivity contribution in [2.75, 3.05) is 0 Å². The third-order valence-corrected chi connectivity index (χ3v) is 3.05. The number of hydrogen-bond acceptors (Lipinski definition) is 0. The molecule has 0 nitrogen and oxygen atoms in total. The van der Waals surface area contributed by atoms with Crippen molar-refractivity contribution in [2.24, 2.45) is 0 Å². The molecule has 0 amide bonds. The van der Waals surface area contributed by atoms with Crippen molar-refractivity contribution in [2.45, 2.75) is 27.2 Å². The van der Waals surface area contributed by atoms with Crippen LogP contribution < -0.4 is 0 Å². The Morgan fingerprint density at radius 2 is 1.61 bits per heavy atom. The summed E-state index contributed by atoms with van der Waals surface area (Å²) in [6.45, 7) is 14.0. The van der Waals surface area contributed by atoms with Crippen LogP contribution in [0.3, 0.4) is 0 Å². The van der Waals surface area contributed by atoms with Crippen molar-refractivity contribution in [1.29, 1.82) is 0 Å². The van der Waals surface area contributed by atoms with Crippen LogP contribution in [0.1, 0.15) is 38.3 Å². The Labute approximate surface area is 111 Å². The van der Waals surface area contributed by atoms with E-state index in [1.807, 2.05) is 13.0 Å². The van der Waals surface area contributed by atoms with E-state index in [1.54, 1.807) is 0 Å². The Hall–Kier alpha value is -1.82. The van der Waals surface area contributed by atoms with Crippen molar-refractivity contribution in [3.05, 3.63) is 72.4 Å². The van der Waals surface area contributed by atoms with Gasteiger partial charge in [-0.05, 0) is 42.5 Å². The van der Waals surface area contributed by atoms with Crippen LogP contribution in [0.5, 0.6) is 0 Å². The summed E-state index contributed by atoms with van der Waals surface area (Å²) in [5, 5.41) is 0. The highest BCUT2D eigenvalue weighted by atomic mass is 14.0. The molecule has 0 aliphatic carbocycles. The molecule has 1 aromatic carbocycles. The van der Waals surface area contributed by atoms with Gasteiger partial charge in [0.05, 0.1) is 0 Å². The molecule has 0 radical (unpaired) electrons. The molecule has 1 rings (SSSR count). The Balaban J connectivity index is 2.93. The molecule has 0 N–H and O–H groups in total. The third-order valence-electron chi connectivity index (χ3n) is 3.05. The first kappa shape index (κ1) is 14.2. The molecule has 18 heavy (non-hydrogen) atoms. The molecule has 0 unspecified atom stereocenters. The predicted octanol–water partition coefficient (Wildman–Crippen LogP) is 5.65.